The molecule has 1 aliphatic carbocycles. The molecule has 0 bridgehead atoms. The number of aromatic amines is 1. The van der Waals surface area contributed by atoms with Crippen LogP contribution in [0.3, 0.4) is 0 Å². The fourth-order valence-corrected chi connectivity index (χ4v) is 5.37. The number of hydrogen-bond acceptors (Lipinski definition) is 7. The van der Waals surface area contributed by atoms with Crippen LogP contribution in [-0.2, 0) is 9.53 Å². The SMILES string of the molecule is Cc1cccc(-c2[nH]cnc2-c2ccc3ncc(NC[C@H]4C[C@@H](C(=O)O[C@@H]5CCN(C)C5)C4)cc3c2)n1. The van der Waals surface area contributed by atoms with Gasteiger partial charge < -0.3 is 19.9 Å². The number of nitrogens with zero attached hydrogens (tertiary/aromatic N) is 4. The maximum Gasteiger partial charge on any atom is 0.309 e. The summed E-state index contributed by atoms with van der Waals surface area (Å²) >= 11 is 0. The second kappa shape index (κ2) is 9.94. The van der Waals surface area contributed by atoms with E-state index in [0.717, 1.165) is 83.8 Å². The summed E-state index contributed by atoms with van der Waals surface area (Å²) in [5, 5.41) is 4.57. The summed E-state index contributed by atoms with van der Waals surface area (Å²) in [6.45, 7) is 4.67. The van der Waals surface area contributed by atoms with E-state index in [-0.39, 0.29) is 18.0 Å². The average molecular weight is 497 g/mol. The molecule has 1 aromatic carbocycles. The molecule has 1 saturated heterocycles. The number of nitrogens with one attached hydrogen (secondary N) is 2. The van der Waals surface area contributed by atoms with Gasteiger partial charge in [-0.15, -0.1) is 0 Å². The molecular weight excluding hydrogens is 464 g/mol. The monoisotopic (exact) mass is 496 g/mol. The summed E-state index contributed by atoms with van der Waals surface area (Å²) in [6.07, 6.45) is 6.36. The summed E-state index contributed by atoms with van der Waals surface area (Å²) in [4.78, 5) is 31.8. The predicted molar refractivity (Wildman–Crippen MR) is 144 cm³/mol. The van der Waals surface area contributed by atoms with E-state index in [1.54, 1.807) is 6.33 Å². The number of H-pyrrole nitrogens is 1. The fourth-order valence-electron chi connectivity index (χ4n) is 5.37. The minimum atomic E-state index is -0.0185. The fraction of sp³-hybridized carbons (Fsp3) is 0.379. The third-order valence-corrected chi connectivity index (χ3v) is 7.53. The van der Waals surface area contributed by atoms with Crippen LogP contribution in [0.25, 0.3) is 33.5 Å². The molecule has 0 radical (unpaired) electrons. The van der Waals surface area contributed by atoms with E-state index in [1.165, 1.54) is 0 Å². The summed E-state index contributed by atoms with van der Waals surface area (Å²) in [6, 6.07) is 14.3. The van der Waals surface area contributed by atoms with Gasteiger partial charge in [0.15, 0.2) is 0 Å². The van der Waals surface area contributed by atoms with Crippen LogP contribution in [0.5, 0.6) is 0 Å². The number of imidazole rings is 1. The number of carbonyl (C=O) groups is 1. The zero-order valence-electron chi connectivity index (χ0n) is 21.3. The van der Waals surface area contributed by atoms with Gasteiger partial charge in [-0.2, -0.15) is 0 Å². The molecule has 6 rings (SSSR count). The molecule has 0 unspecified atom stereocenters. The van der Waals surface area contributed by atoms with E-state index in [2.05, 4.69) is 55.4 Å². The van der Waals surface area contributed by atoms with Crippen LogP contribution >= 0.6 is 0 Å². The van der Waals surface area contributed by atoms with Crippen LogP contribution in [-0.4, -0.2) is 63.6 Å². The molecule has 8 heteroatoms. The summed E-state index contributed by atoms with van der Waals surface area (Å²) < 4.78 is 5.71. The van der Waals surface area contributed by atoms with Crippen LogP contribution in [0.2, 0.25) is 0 Å². The quantitative estimate of drug-likeness (QED) is 0.359. The summed E-state index contributed by atoms with van der Waals surface area (Å²) in [5.41, 5.74) is 6.54. The van der Waals surface area contributed by atoms with E-state index in [0.29, 0.717) is 5.92 Å². The number of ether oxygens (including phenoxy) is 1. The highest BCUT2D eigenvalue weighted by Gasteiger charge is 2.37. The molecule has 2 N–H and O–H groups in total. The average Bonchev–Trinajstić information content (AvgIpc) is 3.51. The number of aromatic nitrogens is 4. The molecule has 2 aliphatic rings. The number of benzene rings is 1. The zero-order chi connectivity index (χ0) is 25.4. The first-order valence-electron chi connectivity index (χ1n) is 13.0. The largest absolute Gasteiger partial charge is 0.461 e. The van der Waals surface area contributed by atoms with Gasteiger partial charge in [0.2, 0.25) is 0 Å². The number of rotatable bonds is 7. The van der Waals surface area contributed by atoms with E-state index >= 15 is 0 Å². The Hall–Kier alpha value is -3.78. The number of fused-ring (bicyclic) bond motifs is 1. The van der Waals surface area contributed by atoms with Crippen LogP contribution in [0.1, 0.15) is 25.0 Å². The first-order valence-corrected chi connectivity index (χ1v) is 13.0. The van der Waals surface area contributed by atoms with Crippen molar-refractivity contribution in [2.45, 2.75) is 32.3 Å². The molecule has 0 amide bonds. The second-order valence-electron chi connectivity index (χ2n) is 10.4. The van der Waals surface area contributed by atoms with Gasteiger partial charge in [-0.3, -0.25) is 14.8 Å². The van der Waals surface area contributed by atoms with Gasteiger partial charge >= 0.3 is 5.97 Å². The minimum absolute atomic E-state index is 0.0185. The predicted octanol–water partition coefficient (Wildman–Crippen LogP) is 4.68. The van der Waals surface area contributed by atoms with Gasteiger partial charge in [0.05, 0.1) is 46.7 Å². The number of anilines is 1. The van der Waals surface area contributed by atoms with Gasteiger partial charge in [-0.1, -0.05) is 12.1 Å². The van der Waals surface area contributed by atoms with Crippen LogP contribution in [0.4, 0.5) is 5.69 Å². The number of likely N-dealkylation sites (N-methyl/N-ethyl adjacent to an activating group) is 1. The first-order chi connectivity index (χ1) is 18.0. The van der Waals surface area contributed by atoms with Gasteiger partial charge in [-0.05, 0) is 69.5 Å². The number of pyridine rings is 2. The lowest BCUT2D eigenvalue weighted by Crippen LogP contribution is -2.37. The summed E-state index contributed by atoms with van der Waals surface area (Å²) in [5.74, 6) is 0.496. The van der Waals surface area contributed by atoms with E-state index < -0.39 is 0 Å². The van der Waals surface area contributed by atoms with Crippen molar-refractivity contribution in [1.29, 1.82) is 0 Å². The van der Waals surface area contributed by atoms with E-state index in [9.17, 15) is 4.79 Å². The Labute approximate surface area is 216 Å². The molecule has 1 atom stereocenters. The Balaban J connectivity index is 1.09. The molecule has 1 saturated carbocycles. The standard InChI is InChI=1S/C29H32N6O2/c1-18-4-3-5-26(34-18)28-27(32-17-33-28)20-6-7-25-21(12-20)13-23(15-31-25)30-14-19-10-22(11-19)29(36)37-24-8-9-35(2)16-24/h3-7,12-13,15,17,19,22,24,30H,8-11,14,16H2,1-2H3,(H,32,33)/t19-,22+,24-/m1/s1. The number of hydrogen-bond donors (Lipinski definition) is 2. The van der Waals surface area contributed by atoms with E-state index in [1.807, 2.05) is 37.4 Å². The van der Waals surface area contributed by atoms with Crippen molar-refractivity contribution in [2.75, 3.05) is 32.0 Å². The van der Waals surface area contributed by atoms with Crippen molar-refractivity contribution in [3.63, 3.8) is 0 Å². The van der Waals surface area contributed by atoms with Crippen molar-refractivity contribution in [1.82, 2.24) is 24.8 Å². The van der Waals surface area contributed by atoms with Gasteiger partial charge in [0.25, 0.3) is 0 Å². The zero-order valence-corrected chi connectivity index (χ0v) is 21.3. The van der Waals surface area contributed by atoms with Crippen molar-refractivity contribution < 1.29 is 9.53 Å². The van der Waals surface area contributed by atoms with Crippen molar-refractivity contribution in [2.24, 2.45) is 11.8 Å². The second-order valence-corrected chi connectivity index (χ2v) is 10.4. The molecule has 2 fully saturated rings. The highest BCUT2D eigenvalue weighted by molar-refractivity contribution is 5.88. The maximum absolute atomic E-state index is 12.4. The lowest BCUT2D eigenvalue weighted by molar-refractivity contribution is -0.158. The molecule has 190 valence electrons. The summed E-state index contributed by atoms with van der Waals surface area (Å²) in [7, 11) is 2.07. The topological polar surface area (TPSA) is 96.0 Å². The number of esters is 1. The molecule has 4 aromatic rings. The Kier molecular flexibility index (Phi) is 6.34. The Bertz CT molecular complexity index is 1430. The number of carbonyl (C=O) groups excluding carboxylic acids is 1. The van der Waals surface area contributed by atoms with Crippen molar-refractivity contribution >= 4 is 22.6 Å². The number of likely N-dealkylation sites (tertiary alicyclic amines) is 1. The molecule has 0 spiro atoms. The number of aryl methyl sites for hydroxylation is 1. The first kappa shape index (κ1) is 23.6. The third-order valence-electron chi connectivity index (χ3n) is 7.53. The van der Waals surface area contributed by atoms with Crippen molar-refractivity contribution in [3.05, 3.63) is 60.7 Å². The maximum atomic E-state index is 12.4. The van der Waals surface area contributed by atoms with Gasteiger partial charge in [0.1, 0.15) is 6.10 Å². The molecule has 1 aliphatic heterocycles. The van der Waals surface area contributed by atoms with Crippen molar-refractivity contribution in [3.8, 4) is 22.6 Å². The highest BCUT2D eigenvalue weighted by atomic mass is 16.5. The molecular formula is C29H32N6O2. The van der Waals surface area contributed by atoms with Crippen LogP contribution in [0, 0.1) is 18.8 Å². The lowest BCUT2D eigenvalue weighted by atomic mass is 9.75. The molecule has 37 heavy (non-hydrogen) atoms. The van der Waals surface area contributed by atoms with Gasteiger partial charge in [-0.25, -0.2) is 4.98 Å². The van der Waals surface area contributed by atoms with Gasteiger partial charge in [0, 0.05) is 36.3 Å². The molecule has 8 nitrogen and oxygen atoms in total. The Morgan fingerprint density at radius 1 is 1.19 bits per heavy atom. The van der Waals surface area contributed by atoms with E-state index in [4.69, 9.17) is 4.74 Å². The normalized spacial score (nSPS) is 21.6. The highest BCUT2D eigenvalue weighted by Crippen LogP contribution is 2.36. The Morgan fingerprint density at radius 3 is 2.89 bits per heavy atom. The minimum Gasteiger partial charge on any atom is -0.461 e. The molecule has 4 heterocycles. The van der Waals surface area contributed by atoms with Crippen LogP contribution < -0.4 is 5.32 Å². The molecule has 3 aromatic heterocycles. The third kappa shape index (κ3) is 5.06. The Morgan fingerprint density at radius 2 is 2.08 bits per heavy atom. The van der Waals surface area contributed by atoms with Crippen LogP contribution in [0.15, 0.2) is 55.0 Å². The lowest BCUT2D eigenvalue weighted by Gasteiger charge is -2.34. The smallest absolute Gasteiger partial charge is 0.309 e.